The monoisotopic (exact) mass is 285 g/mol. The summed E-state index contributed by atoms with van der Waals surface area (Å²) in [6.07, 6.45) is 0. The summed E-state index contributed by atoms with van der Waals surface area (Å²) < 4.78 is 22.8. The van der Waals surface area contributed by atoms with Gasteiger partial charge in [0.15, 0.2) is 9.84 Å². The lowest BCUT2D eigenvalue weighted by Gasteiger charge is -2.17. The Balaban J connectivity index is 2.61. The van der Waals surface area contributed by atoms with Gasteiger partial charge in [0.25, 0.3) is 0 Å². The van der Waals surface area contributed by atoms with E-state index in [1.54, 1.807) is 0 Å². The summed E-state index contributed by atoms with van der Waals surface area (Å²) >= 11 is 0. The molecule has 1 rings (SSSR count). The Labute approximate surface area is 111 Å². The first-order valence-corrected chi connectivity index (χ1v) is 7.32. The normalized spacial score (nSPS) is 11.0. The molecule has 104 valence electrons. The Morgan fingerprint density at radius 1 is 1.16 bits per heavy atom. The largest absolute Gasteiger partial charge is 0.480 e. The van der Waals surface area contributed by atoms with E-state index in [4.69, 9.17) is 5.11 Å². The van der Waals surface area contributed by atoms with Crippen LogP contribution in [0.4, 0.5) is 0 Å². The molecule has 1 amide bonds. The second kappa shape index (κ2) is 6.33. The van der Waals surface area contributed by atoms with Crippen molar-refractivity contribution in [2.75, 3.05) is 18.6 Å². The third-order valence-corrected chi connectivity index (χ3v) is 3.75. The topological polar surface area (TPSA) is 91.8 Å². The summed E-state index contributed by atoms with van der Waals surface area (Å²) in [6, 6.07) is 9.09. The van der Waals surface area contributed by atoms with Crippen LogP contribution in [0, 0.1) is 0 Å². The molecule has 0 fully saturated rings. The van der Waals surface area contributed by atoms with Crippen LogP contribution in [0.2, 0.25) is 0 Å². The van der Waals surface area contributed by atoms with Crippen LogP contribution >= 0.6 is 0 Å². The number of aliphatic carboxylic acids is 1. The van der Waals surface area contributed by atoms with E-state index < -0.39 is 33.2 Å². The SMILES string of the molecule is CN(Cc1ccccc1)C(=O)CS(=O)(=O)CC(=O)O. The number of carbonyl (C=O) groups excluding carboxylic acids is 1. The van der Waals surface area contributed by atoms with Crippen LogP contribution in [0.5, 0.6) is 0 Å². The van der Waals surface area contributed by atoms with Crippen molar-refractivity contribution in [1.82, 2.24) is 4.90 Å². The summed E-state index contributed by atoms with van der Waals surface area (Å²) in [4.78, 5) is 23.3. The van der Waals surface area contributed by atoms with E-state index in [1.807, 2.05) is 30.3 Å². The average Bonchev–Trinajstić information content (AvgIpc) is 2.27. The van der Waals surface area contributed by atoms with Gasteiger partial charge in [-0.25, -0.2) is 8.42 Å². The van der Waals surface area contributed by atoms with Crippen molar-refractivity contribution >= 4 is 21.7 Å². The van der Waals surface area contributed by atoms with Gasteiger partial charge in [-0.2, -0.15) is 0 Å². The zero-order valence-corrected chi connectivity index (χ0v) is 11.3. The second-order valence-corrected chi connectivity index (χ2v) is 6.23. The Hall–Kier alpha value is -1.89. The fourth-order valence-corrected chi connectivity index (χ4v) is 2.56. The lowest BCUT2D eigenvalue weighted by atomic mass is 10.2. The quantitative estimate of drug-likeness (QED) is 0.803. The lowest BCUT2D eigenvalue weighted by Crippen LogP contribution is -2.34. The highest BCUT2D eigenvalue weighted by Crippen LogP contribution is 2.04. The van der Waals surface area contributed by atoms with Gasteiger partial charge in [0.2, 0.25) is 5.91 Å². The van der Waals surface area contributed by atoms with Gasteiger partial charge in [-0.3, -0.25) is 9.59 Å². The minimum absolute atomic E-state index is 0.280. The predicted octanol–water partition coefficient (Wildman–Crippen LogP) is 0.144. The van der Waals surface area contributed by atoms with Crippen molar-refractivity contribution in [3.8, 4) is 0 Å². The van der Waals surface area contributed by atoms with Crippen LogP contribution in [0.25, 0.3) is 0 Å². The van der Waals surface area contributed by atoms with Crippen molar-refractivity contribution < 1.29 is 23.1 Å². The molecule has 0 aliphatic rings. The van der Waals surface area contributed by atoms with Gasteiger partial charge < -0.3 is 10.0 Å². The molecule has 1 aromatic carbocycles. The minimum atomic E-state index is -3.91. The van der Waals surface area contributed by atoms with E-state index in [0.717, 1.165) is 5.56 Å². The molecule has 0 atom stereocenters. The molecule has 7 heteroatoms. The summed E-state index contributed by atoms with van der Waals surface area (Å²) in [7, 11) is -2.43. The van der Waals surface area contributed by atoms with Gasteiger partial charge in [0.05, 0.1) is 0 Å². The number of sulfone groups is 1. The standard InChI is InChI=1S/C12H15NO5S/c1-13(7-10-5-3-2-4-6-10)11(14)8-19(17,18)9-12(15)16/h2-6H,7-9H2,1H3,(H,15,16). The summed E-state index contributed by atoms with van der Waals surface area (Å²) in [5.41, 5.74) is 0.869. The number of hydrogen-bond donors (Lipinski definition) is 1. The van der Waals surface area contributed by atoms with Crippen LogP contribution in [-0.4, -0.2) is 48.9 Å². The third-order valence-electron chi connectivity index (χ3n) is 2.38. The van der Waals surface area contributed by atoms with Crippen LogP contribution in [0.1, 0.15) is 5.56 Å². The number of carboxylic acids is 1. The third kappa shape index (κ3) is 5.52. The molecule has 0 saturated heterocycles. The zero-order chi connectivity index (χ0) is 14.5. The maximum atomic E-state index is 11.7. The van der Waals surface area contributed by atoms with Gasteiger partial charge in [-0.1, -0.05) is 30.3 Å². The van der Waals surface area contributed by atoms with Crippen molar-refractivity contribution in [3.05, 3.63) is 35.9 Å². The predicted molar refractivity (Wildman–Crippen MR) is 69.2 cm³/mol. The number of benzene rings is 1. The molecule has 0 aromatic heterocycles. The number of carboxylic acid groups (broad SMARTS) is 1. The molecule has 0 bridgehead atoms. The number of hydrogen-bond acceptors (Lipinski definition) is 4. The number of nitrogens with zero attached hydrogens (tertiary/aromatic N) is 1. The molecular formula is C12H15NO5S. The maximum absolute atomic E-state index is 11.7. The Morgan fingerprint density at radius 2 is 1.74 bits per heavy atom. The highest BCUT2D eigenvalue weighted by atomic mass is 32.2. The fraction of sp³-hybridized carbons (Fsp3) is 0.333. The molecule has 1 aromatic rings. The van der Waals surface area contributed by atoms with Crippen molar-refractivity contribution in [1.29, 1.82) is 0 Å². The first kappa shape index (κ1) is 15.2. The molecular weight excluding hydrogens is 270 g/mol. The highest BCUT2D eigenvalue weighted by molar-refractivity contribution is 7.92. The number of amides is 1. The molecule has 0 aliphatic carbocycles. The molecule has 0 aliphatic heterocycles. The molecule has 0 saturated carbocycles. The first-order chi connectivity index (χ1) is 8.80. The van der Waals surface area contributed by atoms with Crippen LogP contribution in [0.15, 0.2) is 30.3 Å². The van der Waals surface area contributed by atoms with E-state index in [-0.39, 0.29) is 6.54 Å². The van der Waals surface area contributed by atoms with E-state index in [2.05, 4.69) is 0 Å². The van der Waals surface area contributed by atoms with Gasteiger partial charge >= 0.3 is 5.97 Å². The van der Waals surface area contributed by atoms with E-state index in [0.29, 0.717) is 0 Å². The molecule has 1 N–H and O–H groups in total. The van der Waals surface area contributed by atoms with E-state index in [9.17, 15) is 18.0 Å². The van der Waals surface area contributed by atoms with Gasteiger partial charge in [-0.05, 0) is 5.56 Å². The molecule has 0 spiro atoms. The van der Waals surface area contributed by atoms with Crippen LogP contribution < -0.4 is 0 Å². The van der Waals surface area contributed by atoms with Crippen LogP contribution in [0.3, 0.4) is 0 Å². The van der Waals surface area contributed by atoms with Gasteiger partial charge in [-0.15, -0.1) is 0 Å². The fourth-order valence-electron chi connectivity index (χ4n) is 1.48. The first-order valence-electron chi connectivity index (χ1n) is 5.50. The van der Waals surface area contributed by atoms with Crippen LogP contribution in [-0.2, 0) is 26.0 Å². The summed E-state index contributed by atoms with van der Waals surface area (Å²) in [5, 5.41) is 8.43. The molecule has 0 unspecified atom stereocenters. The Morgan fingerprint density at radius 3 is 2.26 bits per heavy atom. The summed E-state index contributed by atoms with van der Waals surface area (Å²) in [5.74, 6) is -3.90. The Bertz CT molecular complexity index is 553. The molecule has 6 nitrogen and oxygen atoms in total. The second-order valence-electron chi connectivity index (χ2n) is 4.16. The highest BCUT2D eigenvalue weighted by Gasteiger charge is 2.22. The van der Waals surface area contributed by atoms with E-state index in [1.165, 1.54) is 11.9 Å². The van der Waals surface area contributed by atoms with Crippen molar-refractivity contribution in [3.63, 3.8) is 0 Å². The molecule has 19 heavy (non-hydrogen) atoms. The van der Waals surface area contributed by atoms with Gasteiger partial charge in [0, 0.05) is 13.6 Å². The minimum Gasteiger partial charge on any atom is -0.480 e. The molecule has 0 radical (unpaired) electrons. The molecule has 0 heterocycles. The maximum Gasteiger partial charge on any atom is 0.318 e. The average molecular weight is 285 g/mol. The van der Waals surface area contributed by atoms with E-state index >= 15 is 0 Å². The smallest absolute Gasteiger partial charge is 0.318 e. The number of carbonyl (C=O) groups is 2. The number of rotatable bonds is 6. The summed E-state index contributed by atoms with van der Waals surface area (Å²) in [6.45, 7) is 0.280. The van der Waals surface area contributed by atoms with Crippen molar-refractivity contribution in [2.45, 2.75) is 6.54 Å². The lowest BCUT2D eigenvalue weighted by molar-refractivity contribution is -0.134. The van der Waals surface area contributed by atoms with Crippen molar-refractivity contribution in [2.24, 2.45) is 0 Å². The zero-order valence-electron chi connectivity index (χ0n) is 10.4. The van der Waals surface area contributed by atoms with Gasteiger partial charge in [0.1, 0.15) is 11.5 Å². The Kier molecular flexibility index (Phi) is 5.05.